The van der Waals surface area contributed by atoms with Crippen LogP contribution in [-0.4, -0.2) is 50.8 Å². The van der Waals surface area contributed by atoms with Crippen molar-refractivity contribution < 1.29 is 14.3 Å². The fourth-order valence-corrected chi connectivity index (χ4v) is 3.19. The molecule has 1 amide bonds. The number of amides is 1. The van der Waals surface area contributed by atoms with Crippen LogP contribution >= 0.6 is 11.6 Å². The third-order valence-electron chi connectivity index (χ3n) is 4.55. The van der Waals surface area contributed by atoms with E-state index in [0.717, 1.165) is 24.4 Å². The van der Waals surface area contributed by atoms with Crippen molar-refractivity contribution in [2.24, 2.45) is 0 Å². The molecule has 5 nitrogen and oxygen atoms in total. The number of carbonyl (C=O) groups excluding carboxylic acids is 1. The van der Waals surface area contributed by atoms with Gasteiger partial charge in [-0.2, -0.15) is 0 Å². The normalized spacial score (nSPS) is 16.1. The molecule has 1 fully saturated rings. The number of benzene rings is 2. The summed E-state index contributed by atoms with van der Waals surface area (Å²) in [6, 6.07) is 15.0. The molecule has 0 aliphatic carbocycles. The van der Waals surface area contributed by atoms with Gasteiger partial charge in [0, 0.05) is 30.2 Å². The number of hydrogen-bond donors (Lipinski definition) is 1. The Bertz CT molecular complexity index is 713. The molecule has 0 aromatic heterocycles. The first-order valence-electron chi connectivity index (χ1n) is 8.67. The molecule has 0 spiro atoms. The minimum atomic E-state index is -0.103. The van der Waals surface area contributed by atoms with Gasteiger partial charge in [-0.1, -0.05) is 23.7 Å². The summed E-state index contributed by atoms with van der Waals surface area (Å²) >= 11 is 5.89. The van der Waals surface area contributed by atoms with Crippen LogP contribution in [0, 0.1) is 0 Å². The Hall–Kier alpha value is -2.08. The van der Waals surface area contributed by atoms with Crippen molar-refractivity contribution in [3.8, 4) is 5.75 Å². The lowest BCUT2D eigenvalue weighted by atomic mass is 10.0. The zero-order chi connectivity index (χ0) is 18.4. The average Bonchev–Trinajstić information content (AvgIpc) is 2.70. The van der Waals surface area contributed by atoms with Crippen LogP contribution in [-0.2, 0) is 4.74 Å². The highest BCUT2D eigenvalue weighted by Gasteiger charge is 2.23. The summed E-state index contributed by atoms with van der Waals surface area (Å²) in [5, 5.41) is 3.66. The van der Waals surface area contributed by atoms with Crippen molar-refractivity contribution in [2.75, 3.05) is 40.0 Å². The van der Waals surface area contributed by atoms with Gasteiger partial charge in [-0.05, 0) is 42.0 Å². The monoisotopic (exact) mass is 374 g/mol. The smallest absolute Gasteiger partial charge is 0.251 e. The summed E-state index contributed by atoms with van der Waals surface area (Å²) < 4.78 is 10.7. The maximum Gasteiger partial charge on any atom is 0.251 e. The third kappa shape index (κ3) is 4.75. The zero-order valence-corrected chi connectivity index (χ0v) is 15.5. The lowest BCUT2D eigenvalue weighted by Gasteiger charge is -2.35. The van der Waals surface area contributed by atoms with Crippen molar-refractivity contribution in [2.45, 2.75) is 6.04 Å². The van der Waals surface area contributed by atoms with Crippen LogP contribution in [0.5, 0.6) is 5.75 Å². The molecule has 2 aromatic rings. The molecule has 1 atom stereocenters. The van der Waals surface area contributed by atoms with Crippen LogP contribution in [0.3, 0.4) is 0 Å². The average molecular weight is 375 g/mol. The van der Waals surface area contributed by atoms with Crippen molar-refractivity contribution in [1.82, 2.24) is 10.2 Å². The van der Waals surface area contributed by atoms with E-state index in [1.165, 1.54) is 0 Å². The van der Waals surface area contributed by atoms with E-state index >= 15 is 0 Å². The van der Waals surface area contributed by atoms with E-state index in [4.69, 9.17) is 21.1 Å². The van der Waals surface area contributed by atoms with Gasteiger partial charge in [-0.25, -0.2) is 0 Å². The molecule has 1 saturated heterocycles. The molecule has 1 heterocycles. The predicted octanol–water partition coefficient (Wildman–Crippen LogP) is 3.15. The van der Waals surface area contributed by atoms with Gasteiger partial charge in [0.1, 0.15) is 5.75 Å². The van der Waals surface area contributed by atoms with Crippen LogP contribution < -0.4 is 10.1 Å². The SMILES string of the molecule is COc1ccc([C@@H](CNC(=O)c2ccc(Cl)cc2)N2CCOCC2)cc1. The number of morpholine rings is 1. The van der Waals surface area contributed by atoms with Gasteiger partial charge in [0.25, 0.3) is 5.91 Å². The maximum absolute atomic E-state index is 12.5. The van der Waals surface area contributed by atoms with Crippen LogP contribution in [0.15, 0.2) is 48.5 Å². The van der Waals surface area contributed by atoms with Crippen molar-refractivity contribution in [1.29, 1.82) is 0 Å². The Labute approximate surface area is 158 Å². The molecular formula is C20H23ClN2O3. The summed E-state index contributed by atoms with van der Waals surface area (Å²) in [4.78, 5) is 14.8. The van der Waals surface area contributed by atoms with E-state index in [1.807, 2.05) is 24.3 Å². The summed E-state index contributed by atoms with van der Waals surface area (Å²) in [5.74, 6) is 0.716. The molecule has 0 radical (unpaired) electrons. The molecule has 1 aliphatic heterocycles. The van der Waals surface area contributed by atoms with Gasteiger partial charge in [-0.3, -0.25) is 9.69 Å². The van der Waals surface area contributed by atoms with E-state index < -0.39 is 0 Å². The van der Waals surface area contributed by atoms with Gasteiger partial charge in [0.05, 0.1) is 26.4 Å². The number of nitrogens with one attached hydrogen (secondary N) is 1. The highest BCUT2D eigenvalue weighted by Crippen LogP contribution is 2.24. The molecule has 138 valence electrons. The van der Waals surface area contributed by atoms with E-state index in [2.05, 4.69) is 10.2 Å². The van der Waals surface area contributed by atoms with E-state index in [1.54, 1.807) is 31.4 Å². The van der Waals surface area contributed by atoms with Crippen molar-refractivity contribution in [3.05, 3.63) is 64.7 Å². The Morgan fingerprint density at radius 3 is 2.42 bits per heavy atom. The Morgan fingerprint density at radius 2 is 1.81 bits per heavy atom. The minimum Gasteiger partial charge on any atom is -0.497 e. The first-order valence-corrected chi connectivity index (χ1v) is 9.04. The molecule has 0 unspecified atom stereocenters. The van der Waals surface area contributed by atoms with Gasteiger partial charge < -0.3 is 14.8 Å². The quantitative estimate of drug-likeness (QED) is 0.843. The minimum absolute atomic E-state index is 0.0843. The number of halogens is 1. The third-order valence-corrected chi connectivity index (χ3v) is 4.80. The van der Waals surface area contributed by atoms with Crippen LogP contribution in [0.2, 0.25) is 5.02 Å². The molecule has 0 saturated carbocycles. The second-order valence-corrected chi connectivity index (χ2v) is 6.59. The van der Waals surface area contributed by atoms with Gasteiger partial charge >= 0.3 is 0 Å². The molecule has 0 bridgehead atoms. The molecule has 26 heavy (non-hydrogen) atoms. The molecule has 6 heteroatoms. The van der Waals surface area contributed by atoms with Crippen LogP contribution in [0.25, 0.3) is 0 Å². The highest BCUT2D eigenvalue weighted by atomic mass is 35.5. The lowest BCUT2D eigenvalue weighted by molar-refractivity contribution is 0.0162. The Morgan fingerprint density at radius 1 is 1.15 bits per heavy atom. The summed E-state index contributed by atoms with van der Waals surface area (Å²) in [5.41, 5.74) is 1.74. The molecule has 3 rings (SSSR count). The molecule has 2 aromatic carbocycles. The van der Waals surface area contributed by atoms with E-state index in [0.29, 0.717) is 30.3 Å². The number of hydrogen-bond acceptors (Lipinski definition) is 4. The van der Waals surface area contributed by atoms with Gasteiger partial charge in [0.2, 0.25) is 0 Å². The van der Waals surface area contributed by atoms with Crippen LogP contribution in [0.1, 0.15) is 22.0 Å². The van der Waals surface area contributed by atoms with Gasteiger partial charge in [0.15, 0.2) is 0 Å². The fraction of sp³-hybridized carbons (Fsp3) is 0.350. The first kappa shape index (κ1) is 18.7. The molecule has 1 aliphatic rings. The summed E-state index contributed by atoms with van der Waals surface area (Å²) in [6.07, 6.45) is 0. The topological polar surface area (TPSA) is 50.8 Å². The largest absolute Gasteiger partial charge is 0.497 e. The number of methoxy groups -OCH3 is 1. The number of rotatable bonds is 6. The second kappa shape index (κ2) is 9.03. The first-order chi connectivity index (χ1) is 12.7. The van der Waals surface area contributed by atoms with Crippen LogP contribution in [0.4, 0.5) is 0 Å². The van der Waals surface area contributed by atoms with E-state index in [-0.39, 0.29) is 11.9 Å². The highest BCUT2D eigenvalue weighted by molar-refractivity contribution is 6.30. The number of ether oxygens (including phenoxy) is 2. The zero-order valence-electron chi connectivity index (χ0n) is 14.8. The molecule has 1 N–H and O–H groups in total. The maximum atomic E-state index is 12.5. The second-order valence-electron chi connectivity index (χ2n) is 6.15. The summed E-state index contributed by atoms with van der Waals surface area (Å²) in [7, 11) is 1.65. The van der Waals surface area contributed by atoms with Gasteiger partial charge in [-0.15, -0.1) is 0 Å². The van der Waals surface area contributed by atoms with Crippen molar-refractivity contribution >= 4 is 17.5 Å². The standard InChI is InChI=1S/C20H23ClN2O3/c1-25-18-8-4-15(5-9-18)19(23-10-12-26-13-11-23)14-22-20(24)16-2-6-17(21)7-3-16/h2-9,19H,10-14H2,1H3,(H,22,24)/t19-/m1/s1. The fourth-order valence-electron chi connectivity index (χ4n) is 3.07. The number of carbonyl (C=O) groups is 1. The summed E-state index contributed by atoms with van der Waals surface area (Å²) in [6.45, 7) is 3.62. The Kier molecular flexibility index (Phi) is 6.50. The molecular weight excluding hydrogens is 352 g/mol. The Balaban J connectivity index is 1.72. The van der Waals surface area contributed by atoms with E-state index in [9.17, 15) is 4.79 Å². The predicted molar refractivity (Wildman–Crippen MR) is 102 cm³/mol. The lowest BCUT2D eigenvalue weighted by Crippen LogP contribution is -2.43. The van der Waals surface area contributed by atoms with Crippen molar-refractivity contribution in [3.63, 3.8) is 0 Å². The number of nitrogens with zero attached hydrogens (tertiary/aromatic N) is 1.